The molecule has 0 saturated heterocycles. The second-order valence-electron chi connectivity index (χ2n) is 1.52. The molecule has 1 atom stereocenters. The number of carbonyl (C=O) groups is 2. The van der Waals surface area contributed by atoms with Gasteiger partial charge < -0.3 is 14.4 Å². The maximum Gasteiger partial charge on any atom is 0.347 e. The molecule has 0 bridgehead atoms. The summed E-state index contributed by atoms with van der Waals surface area (Å²) in [7, 11) is 0. The van der Waals surface area contributed by atoms with Crippen molar-refractivity contribution in [2.75, 3.05) is 0 Å². The Labute approximate surface area is 62.2 Å². The fourth-order valence-corrected chi connectivity index (χ4v) is 0.431. The van der Waals surface area contributed by atoms with E-state index < -0.39 is 24.5 Å². The molecule has 58 valence electrons. The zero-order valence-corrected chi connectivity index (χ0v) is 5.75. The van der Waals surface area contributed by atoms with Gasteiger partial charge in [-0.15, -0.1) is 0 Å². The monoisotopic (exact) mass is 166 g/mol. The van der Waals surface area contributed by atoms with Gasteiger partial charge >= 0.3 is 11.9 Å². The molecule has 2 N–H and O–H groups in total. The lowest BCUT2D eigenvalue weighted by atomic mass is 10.3. The van der Waals surface area contributed by atoms with Crippen molar-refractivity contribution in [2.45, 2.75) is 12.5 Å². The van der Waals surface area contributed by atoms with Crippen LogP contribution in [0.2, 0.25) is 0 Å². The lowest BCUT2D eigenvalue weighted by molar-refractivity contribution is -0.149. The largest absolute Gasteiger partial charge is 0.481 e. The molecule has 1 unspecified atom stereocenters. The van der Waals surface area contributed by atoms with E-state index in [0.717, 1.165) is 0 Å². The molecule has 0 aromatic rings. The molecule has 0 rings (SSSR count). The zero-order chi connectivity index (χ0) is 8.15. The summed E-state index contributed by atoms with van der Waals surface area (Å²) in [5, 5.41) is 16.6. The molecule has 0 aliphatic heterocycles. The Morgan fingerprint density at radius 1 is 1.60 bits per heavy atom. The highest BCUT2D eigenvalue weighted by atomic mass is 32.1. The van der Waals surface area contributed by atoms with Crippen LogP contribution in [0.25, 0.3) is 0 Å². The van der Waals surface area contributed by atoms with E-state index in [1.165, 1.54) is 0 Å². The average molecular weight is 166 g/mol. The smallest absolute Gasteiger partial charge is 0.347 e. The van der Waals surface area contributed by atoms with E-state index in [4.69, 9.17) is 10.2 Å². The molecule has 0 spiro atoms. The van der Waals surface area contributed by atoms with Gasteiger partial charge in [0.1, 0.15) is 0 Å². The first-order valence-corrected chi connectivity index (χ1v) is 2.69. The first kappa shape index (κ1) is 9.25. The van der Waals surface area contributed by atoms with Crippen LogP contribution in [0.15, 0.2) is 0 Å². The molecule has 6 heteroatoms. The molecular weight excluding hydrogens is 160 g/mol. The van der Waals surface area contributed by atoms with E-state index in [0.29, 0.717) is 0 Å². The van der Waals surface area contributed by atoms with Crippen molar-refractivity contribution >= 4 is 24.8 Å². The average Bonchev–Trinajstić information content (AvgIpc) is 1.85. The van der Waals surface area contributed by atoms with Crippen molar-refractivity contribution in [3.8, 4) is 0 Å². The minimum absolute atomic E-state index is 0.667. The van der Waals surface area contributed by atoms with Gasteiger partial charge in [-0.3, -0.25) is 4.79 Å². The number of aliphatic carboxylic acids is 1. The van der Waals surface area contributed by atoms with Crippen molar-refractivity contribution < 1.29 is 24.0 Å². The third kappa shape index (κ3) is 3.31. The van der Waals surface area contributed by atoms with E-state index in [-0.39, 0.29) is 0 Å². The summed E-state index contributed by atoms with van der Waals surface area (Å²) in [5.74, 6) is -2.34. The normalized spacial score (nSPS) is 12.2. The Bertz CT molecular complexity index is 145. The van der Waals surface area contributed by atoms with Crippen LogP contribution in [0.5, 0.6) is 0 Å². The maximum absolute atomic E-state index is 10.2. The maximum atomic E-state index is 10.2. The predicted molar refractivity (Wildman–Crippen MR) is 33.3 cm³/mol. The Hall–Kier alpha value is -0.750. The molecule has 10 heavy (non-hydrogen) atoms. The summed E-state index contributed by atoms with van der Waals surface area (Å²) in [6.07, 6.45) is -2.30. The van der Waals surface area contributed by atoms with Gasteiger partial charge in [0.05, 0.1) is 6.42 Å². The number of thiol groups is 1. The van der Waals surface area contributed by atoms with Gasteiger partial charge in [0.25, 0.3) is 0 Å². The number of hydrogen-bond donors (Lipinski definition) is 3. The van der Waals surface area contributed by atoms with Crippen molar-refractivity contribution in [2.24, 2.45) is 0 Å². The van der Waals surface area contributed by atoms with E-state index in [1.807, 2.05) is 0 Å². The van der Waals surface area contributed by atoms with Gasteiger partial charge in [-0.05, 0) is 0 Å². The summed E-state index contributed by atoms with van der Waals surface area (Å²) < 4.78 is 3.76. The topological polar surface area (TPSA) is 83.8 Å². The van der Waals surface area contributed by atoms with Crippen molar-refractivity contribution in [1.29, 1.82) is 0 Å². The van der Waals surface area contributed by atoms with Crippen LogP contribution >= 0.6 is 12.9 Å². The third-order valence-corrected chi connectivity index (χ3v) is 0.910. The highest BCUT2D eigenvalue weighted by molar-refractivity contribution is 7.75. The SMILES string of the molecule is O=C(O)CC(O)C(=O)OS. The Balaban J connectivity index is 3.72. The third-order valence-electron chi connectivity index (χ3n) is 0.730. The van der Waals surface area contributed by atoms with Crippen LogP contribution in [0.3, 0.4) is 0 Å². The predicted octanol–water partition coefficient (Wildman–Crippen LogP) is -0.790. The lowest BCUT2D eigenvalue weighted by Crippen LogP contribution is -2.23. The van der Waals surface area contributed by atoms with Gasteiger partial charge in [0.2, 0.25) is 0 Å². The minimum Gasteiger partial charge on any atom is -0.481 e. The zero-order valence-electron chi connectivity index (χ0n) is 4.85. The Morgan fingerprint density at radius 2 is 2.10 bits per heavy atom. The molecule has 5 nitrogen and oxygen atoms in total. The van der Waals surface area contributed by atoms with Gasteiger partial charge in [-0.1, -0.05) is 0 Å². The Kier molecular flexibility index (Phi) is 3.82. The molecule has 0 aromatic carbocycles. The van der Waals surface area contributed by atoms with Gasteiger partial charge in [0, 0.05) is 12.9 Å². The Morgan fingerprint density at radius 3 is 2.40 bits per heavy atom. The summed E-state index contributed by atoms with van der Waals surface area (Å²) in [6.45, 7) is 0. The quantitative estimate of drug-likeness (QED) is 0.378. The van der Waals surface area contributed by atoms with Crippen molar-refractivity contribution in [3.63, 3.8) is 0 Å². The van der Waals surface area contributed by atoms with Crippen molar-refractivity contribution in [1.82, 2.24) is 0 Å². The van der Waals surface area contributed by atoms with Crippen LogP contribution in [0.1, 0.15) is 6.42 Å². The summed E-state index contributed by atoms with van der Waals surface area (Å²) >= 11 is 3.07. The number of rotatable bonds is 3. The van der Waals surface area contributed by atoms with Gasteiger partial charge in [-0.2, -0.15) is 0 Å². The molecule has 0 amide bonds. The number of aliphatic hydroxyl groups excluding tert-OH is 1. The fraction of sp³-hybridized carbons (Fsp3) is 0.500. The first-order chi connectivity index (χ1) is 4.57. The summed E-state index contributed by atoms with van der Waals surface area (Å²) in [6, 6.07) is 0. The lowest BCUT2D eigenvalue weighted by Gasteiger charge is -2.01. The first-order valence-electron chi connectivity index (χ1n) is 2.33. The second kappa shape index (κ2) is 4.13. The van der Waals surface area contributed by atoms with E-state index in [2.05, 4.69) is 17.1 Å². The van der Waals surface area contributed by atoms with Crippen LogP contribution in [0, 0.1) is 0 Å². The molecule has 0 fully saturated rings. The van der Waals surface area contributed by atoms with Gasteiger partial charge in [0.15, 0.2) is 6.10 Å². The van der Waals surface area contributed by atoms with E-state index >= 15 is 0 Å². The van der Waals surface area contributed by atoms with Gasteiger partial charge in [-0.25, -0.2) is 4.79 Å². The molecule has 0 radical (unpaired) electrons. The standard InChI is InChI=1S/C4H6O5S/c5-2(1-3(6)7)4(8)9-10/h2,5,10H,1H2,(H,6,7). The van der Waals surface area contributed by atoms with E-state index in [1.54, 1.807) is 0 Å². The number of carboxylic acids is 1. The highest BCUT2D eigenvalue weighted by Crippen LogP contribution is 1.95. The number of carboxylic acid groups (broad SMARTS) is 1. The minimum atomic E-state index is -1.63. The highest BCUT2D eigenvalue weighted by Gasteiger charge is 2.18. The van der Waals surface area contributed by atoms with Crippen LogP contribution in [0.4, 0.5) is 0 Å². The molecular formula is C4H6O5S. The molecule has 0 aliphatic carbocycles. The van der Waals surface area contributed by atoms with Crippen LogP contribution in [-0.4, -0.2) is 28.3 Å². The van der Waals surface area contributed by atoms with Crippen LogP contribution < -0.4 is 0 Å². The van der Waals surface area contributed by atoms with Crippen molar-refractivity contribution in [3.05, 3.63) is 0 Å². The fourth-order valence-electron chi connectivity index (χ4n) is 0.310. The summed E-state index contributed by atoms with van der Waals surface area (Å²) in [5.41, 5.74) is 0. The molecule has 0 aromatic heterocycles. The molecule has 0 saturated carbocycles. The number of aliphatic hydroxyl groups is 1. The second-order valence-corrected chi connectivity index (χ2v) is 1.71. The summed E-state index contributed by atoms with van der Waals surface area (Å²) in [4.78, 5) is 20.1. The van der Waals surface area contributed by atoms with Crippen LogP contribution in [-0.2, 0) is 13.8 Å². The number of hydrogen-bond acceptors (Lipinski definition) is 5. The molecule has 0 aliphatic rings. The number of carbonyl (C=O) groups excluding carboxylic acids is 1. The molecule has 0 heterocycles. The van der Waals surface area contributed by atoms with E-state index in [9.17, 15) is 9.59 Å².